The van der Waals surface area contributed by atoms with Gasteiger partial charge in [0.1, 0.15) is 11.6 Å². The lowest BCUT2D eigenvalue weighted by atomic mass is 9.80. The zero-order valence-corrected chi connectivity index (χ0v) is 12.5. The van der Waals surface area contributed by atoms with E-state index in [1.165, 1.54) is 0 Å². The van der Waals surface area contributed by atoms with Gasteiger partial charge in [-0.1, -0.05) is 27.7 Å². The summed E-state index contributed by atoms with van der Waals surface area (Å²) in [6, 6.07) is -0.542. The molecule has 1 rings (SSSR count). The second-order valence-corrected chi connectivity index (χ2v) is 6.43. The number of carbonyl (C=O) groups is 2. The number of hydrogen-bond donors (Lipinski definition) is 1. The normalized spacial score (nSPS) is 28.5. The molecule has 1 saturated heterocycles. The topological polar surface area (TPSA) is 49.4 Å². The Morgan fingerprint density at radius 1 is 1.37 bits per heavy atom. The molecule has 0 bridgehead atoms. The molecule has 2 atom stereocenters. The molecule has 0 aromatic carbocycles. The van der Waals surface area contributed by atoms with Crippen molar-refractivity contribution in [3.05, 3.63) is 0 Å². The van der Waals surface area contributed by atoms with Crippen molar-refractivity contribution in [1.82, 2.24) is 10.2 Å². The molecular weight excluding hydrogens is 247 g/mol. The number of nitrogens with zero attached hydrogens (tertiary/aromatic N) is 1. The lowest BCUT2D eigenvalue weighted by Gasteiger charge is -2.48. The predicted molar refractivity (Wildman–Crippen MR) is 72.4 cm³/mol. The van der Waals surface area contributed by atoms with Crippen molar-refractivity contribution < 1.29 is 14.0 Å². The maximum absolute atomic E-state index is 12.6. The lowest BCUT2D eigenvalue weighted by molar-refractivity contribution is -0.160. The van der Waals surface area contributed by atoms with Crippen LogP contribution < -0.4 is 5.32 Å². The van der Waals surface area contributed by atoms with Crippen LogP contribution >= 0.6 is 0 Å². The maximum atomic E-state index is 12.6. The second kappa shape index (κ2) is 5.47. The Labute approximate surface area is 114 Å². The highest BCUT2D eigenvalue weighted by Gasteiger charge is 2.50. The van der Waals surface area contributed by atoms with E-state index in [-0.39, 0.29) is 23.7 Å². The molecule has 1 aliphatic rings. The summed E-state index contributed by atoms with van der Waals surface area (Å²) in [4.78, 5) is 26.5. The third-order valence-electron chi connectivity index (χ3n) is 3.94. The van der Waals surface area contributed by atoms with Gasteiger partial charge >= 0.3 is 0 Å². The number of carbonyl (C=O) groups excluding carboxylic acids is 2. The van der Waals surface area contributed by atoms with Crippen molar-refractivity contribution in [1.29, 1.82) is 0 Å². The predicted octanol–water partition coefficient (Wildman–Crippen LogP) is 1.89. The molecule has 2 unspecified atom stereocenters. The van der Waals surface area contributed by atoms with Crippen molar-refractivity contribution in [3.63, 3.8) is 0 Å². The van der Waals surface area contributed by atoms with Crippen molar-refractivity contribution >= 4 is 11.8 Å². The fraction of sp³-hybridized carbons (Fsp3) is 0.857. The molecule has 0 aromatic rings. The van der Waals surface area contributed by atoms with E-state index >= 15 is 0 Å². The summed E-state index contributed by atoms with van der Waals surface area (Å²) < 4.78 is 12.4. The molecule has 110 valence electrons. The highest BCUT2D eigenvalue weighted by molar-refractivity contribution is 5.99. The first-order chi connectivity index (χ1) is 8.68. The van der Waals surface area contributed by atoms with Crippen LogP contribution in [-0.4, -0.2) is 41.5 Å². The largest absolute Gasteiger partial charge is 0.342 e. The average Bonchev–Trinajstić information content (AvgIpc) is 2.32. The summed E-state index contributed by atoms with van der Waals surface area (Å²) in [5.41, 5.74) is -1.22. The third kappa shape index (κ3) is 2.90. The number of alkyl halides is 1. The van der Waals surface area contributed by atoms with Gasteiger partial charge in [0.15, 0.2) is 0 Å². The molecule has 1 N–H and O–H groups in total. The summed E-state index contributed by atoms with van der Waals surface area (Å²) in [5.74, 6) is -0.252. The molecule has 1 heterocycles. The highest BCUT2D eigenvalue weighted by atomic mass is 19.1. The summed E-state index contributed by atoms with van der Waals surface area (Å²) in [5, 5.41) is 2.83. The van der Waals surface area contributed by atoms with Crippen LogP contribution in [0.25, 0.3) is 0 Å². The van der Waals surface area contributed by atoms with Gasteiger partial charge in [0.25, 0.3) is 0 Å². The summed E-state index contributed by atoms with van der Waals surface area (Å²) in [6.45, 7) is 9.17. The Kier molecular flexibility index (Phi) is 4.59. The number of rotatable bonds is 4. The molecular formula is C14H25FN2O2. The quantitative estimate of drug-likeness (QED) is 0.849. The van der Waals surface area contributed by atoms with Crippen molar-refractivity contribution in [2.24, 2.45) is 5.41 Å². The van der Waals surface area contributed by atoms with E-state index in [4.69, 9.17) is 0 Å². The molecule has 4 nitrogen and oxygen atoms in total. The SMILES string of the molecule is CCC1(C)C(=O)NC(C(C)(C)C)C(=O)N1CCCF. The lowest BCUT2D eigenvalue weighted by Crippen LogP contribution is -2.71. The number of amides is 2. The standard InChI is InChI=1S/C14H25FN2O2/c1-6-14(5)12(19)16-10(13(2,3)4)11(18)17(14)9-7-8-15/h10H,6-9H2,1-5H3,(H,16,19). The van der Waals surface area contributed by atoms with E-state index in [2.05, 4.69) is 5.32 Å². The van der Waals surface area contributed by atoms with E-state index in [0.717, 1.165) is 0 Å². The number of piperazine rings is 1. The van der Waals surface area contributed by atoms with E-state index < -0.39 is 18.3 Å². The van der Waals surface area contributed by atoms with Gasteiger partial charge in [-0.2, -0.15) is 0 Å². The van der Waals surface area contributed by atoms with Crippen LogP contribution in [0.3, 0.4) is 0 Å². The first-order valence-electron chi connectivity index (χ1n) is 6.87. The first-order valence-corrected chi connectivity index (χ1v) is 6.87. The van der Waals surface area contributed by atoms with Crippen molar-refractivity contribution in [3.8, 4) is 0 Å². The number of halogens is 1. The molecule has 1 aliphatic heterocycles. The van der Waals surface area contributed by atoms with Gasteiger partial charge in [0.05, 0.1) is 6.67 Å². The van der Waals surface area contributed by atoms with Crippen LogP contribution in [0.15, 0.2) is 0 Å². The first kappa shape index (κ1) is 15.9. The molecule has 19 heavy (non-hydrogen) atoms. The number of hydrogen-bond acceptors (Lipinski definition) is 2. The number of nitrogens with one attached hydrogen (secondary N) is 1. The Bertz CT molecular complexity index is 365. The van der Waals surface area contributed by atoms with Crippen LogP contribution in [0, 0.1) is 5.41 Å². The summed E-state index contributed by atoms with van der Waals surface area (Å²) >= 11 is 0. The Balaban J connectivity index is 3.09. The van der Waals surface area contributed by atoms with E-state index in [1.54, 1.807) is 11.8 Å². The molecule has 1 fully saturated rings. The molecule has 0 aliphatic carbocycles. The Hall–Kier alpha value is -1.13. The molecule has 2 amide bonds. The van der Waals surface area contributed by atoms with E-state index in [9.17, 15) is 14.0 Å². The molecule has 0 spiro atoms. The maximum Gasteiger partial charge on any atom is 0.246 e. The zero-order valence-electron chi connectivity index (χ0n) is 12.5. The van der Waals surface area contributed by atoms with Gasteiger partial charge in [-0.25, -0.2) is 0 Å². The van der Waals surface area contributed by atoms with Crippen LogP contribution in [0.1, 0.15) is 47.5 Å². The van der Waals surface area contributed by atoms with Crippen molar-refractivity contribution in [2.75, 3.05) is 13.2 Å². The van der Waals surface area contributed by atoms with Crippen LogP contribution in [-0.2, 0) is 9.59 Å². The van der Waals surface area contributed by atoms with Gasteiger partial charge in [0.2, 0.25) is 11.8 Å². The summed E-state index contributed by atoms with van der Waals surface area (Å²) in [7, 11) is 0. The van der Waals surface area contributed by atoms with Crippen LogP contribution in [0.2, 0.25) is 0 Å². The van der Waals surface area contributed by atoms with Gasteiger partial charge in [-0.15, -0.1) is 0 Å². The fourth-order valence-corrected chi connectivity index (χ4v) is 2.38. The van der Waals surface area contributed by atoms with Gasteiger partial charge < -0.3 is 10.2 Å². The Morgan fingerprint density at radius 2 is 1.95 bits per heavy atom. The van der Waals surface area contributed by atoms with Crippen molar-refractivity contribution in [2.45, 2.75) is 59.0 Å². The van der Waals surface area contributed by atoms with Gasteiger partial charge in [0, 0.05) is 6.54 Å². The molecule has 0 saturated carbocycles. The minimum Gasteiger partial charge on any atom is -0.342 e. The highest BCUT2D eigenvalue weighted by Crippen LogP contribution is 2.31. The van der Waals surface area contributed by atoms with E-state index in [1.807, 2.05) is 27.7 Å². The van der Waals surface area contributed by atoms with Gasteiger partial charge in [-0.05, 0) is 25.2 Å². The summed E-state index contributed by atoms with van der Waals surface area (Å²) in [6.07, 6.45) is 0.791. The fourth-order valence-electron chi connectivity index (χ4n) is 2.38. The molecule has 5 heteroatoms. The monoisotopic (exact) mass is 272 g/mol. The van der Waals surface area contributed by atoms with Gasteiger partial charge in [-0.3, -0.25) is 14.0 Å². The van der Waals surface area contributed by atoms with E-state index in [0.29, 0.717) is 13.0 Å². The minimum atomic E-state index is -0.867. The third-order valence-corrected chi connectivity index (χ3v) is 3.94. The average molecular weight is 272 g/mol. The zero-order chi connectivity index (χ0) is 14.8. The molecule has 0 radical (unpaired) electrons. The van der Waals surface area contributed by atoms with Crippen LogP contribution in [0.5, 0.6) is 0 Å². The smallest absolute Gasteiger partial charge is 0.246 e. The molecule has 0 aromatic heterocycles. The Morgan fingerprint density at radius 3 is 2.37 bits per heavy atom. The second-order valence-electron chi connectivity index (χ2n) is 6.43. The minimum absolute atomic E-state index is 0.107. The van der Waals surface area contributed by atoms with Crippen LogP contribution in [0.4, 0.5) is 4.39 Å².